The van der Waals surface area contributed by atoms with Gasteiger partial charge in [0.15, 0.2) is 0 Å². The average Bonchev–Trinajstić information content (AvgIpc) is 2.50. The third-order valence-electron chi connectivity index (χ3n) is 3.68. The van der Waals surface area contributed by atoms with Gasteiger partial charge in [-0.1, -0.05) is 49.1 Å². The number of carbonyl (C=O) groups excluding carboxylic acids is 1. The largest absolute Gasteiger partial charge is 0.373 e. The lowest BCUT2D eigenvalue weighted by Gasteiger charge is -2.34. The molecule has 0 radical (unpaired) electrons. The highest BCUT2D eigenvalue weighted by Crippen LogP contribution is 2.30. The van der Waals surface area contributed by atoms with Crippen LogP contribution in [-0.4, -0.2) is 24.9 Å². The lowest BCUT2D eigenvalue weighted by atomic mass is 9.81. The van der Waals surface area contributed by atoms with Crippen molar-refractivity contribution in [2.45, 2.75) is 25.6 Å². The zero-order valence-electron chi connectivity index (χ0n) is 12.9. The molecule has 4 nitrogen and oxygen atoms in total. The van der Waals surface area contributed by atoms with E-state index in [-0.39, 0.29) is 17.9 Å². The molecule has 116 valence electrons. The van der Waals surface area contributed by atoms with Crippen molar-refractivity contribution in [2.24, 2.45) is 10.9 Å². The Morgan fingerprint density at radius 3 is 2.77 bits per heavy atom. The number of nitrogens with zero attached hydrogens (tertiary/aromatic N) is 1. The van der Waals surface area contributed by atoms with Gasteiger partial charge in [0.1, 0.15) is 5.84 Å². The monoisotopic (exact) mass is 298 g/mol. The fraction of sp³-hybridized carbons (Fsp3) is 0.333. The van der Waals surface area contributed by atoms with Crippen LogP contribution in [0.4, 0.5) is 0 Å². The maximum atomic E-state index is 12.1. The standard InChI is InChI=1S/C18H22N2O2/c1-3-4-10-17(19-2)20-18(21)15-11-16(12-15)22-13-14-8-6-5-7-9-14/h3-10,15-16H,1,11-13H2,2H3,(H,19,20,21)/b10-4-. The summed E-state index contributed by atoms with van der Waals surface area (Å²) in [5.74, 6) is 0.571. The number of carbonyl (C=O) groups is 1. The van der Waals surface area contributed by atoms with Crippen LogP contribution in [0.1, 0.15) is 18.4 Å². The van der Waals surface area contributed by atoms with Crippen molar-refractivity contribution in [2.75, 3.05) is 7.05 Å². The van der Waals surface area contributed by atoms with Crippen molar-refractivity contribution >= 4 is 11.7 Å². The summed E-state index contributed by atoms with van der Waals surface area (Å²) in [6, 6.07) is 10.1. The second-order valence-corrected chi connectivity index (χ2v) is 5.28. The lowest BCUT2D eigenvalue weighted by Crippen LogP contribution is -2.44. The Kier molecular flexibility index (Phi) is 6.10. The number of amides is 1. The summed E-state index contributed by atoms with van der Waals surface area (Å²) in [4.78, 5) is 16.1. The first-order valence-corrected chi connectivity index (χ1v) is 7.45. The van der Waals surface area contributed by atoms with Gasteiger partial charge >= 0.3 is 0 Å². The van der Waals surface area contributed by atoms with Gasteiger partial charge < -0.3 is 10.1 Å². The molecule has 22 heavy (non-hydrogen) atoms. The molecule has 0 spiro atoms. The van der Waals surface area contributed by atoms with E-state index < -0.39 is 0 Å². The molecule has 1 aromatic rings. The molecular weight excluding hydrogens is 276 g/mol. The molecule has 0 aliphatic heterocycles. The van der Waals surface area contributed by atoms with E-state index in [0.717, 1.165) is 18.4 Å². The predicted octanol–water partition coefficient (Wildman–Crippen LogP) is 2.87. The van der Waals surface area contributed by atoms with Gasteiger partial charge in [-0.25, -0.2) is 0 Å². The summed E-state index contributed by atoms with van der Waals surface area (Å²) in [6.07, 6.45) is 6.82. The van der Waals surface area contributed by atoms with Gasteiger partial charge in [0.05, 0.1) is 12.7 Å². The molecule has 0 atom stereocenters. The summed E-state index contributed by atoms with van der Waals surface area (Å²) in [7, 11) is 1.65. The molecule has 1 amide bonds. The Labute approximate surface area is 131 Å². The van der Waals surface area contributed by atoms with Crippen LogP contribution < -0.4 is 5.32 Å². The number of amidine groups is 1. The molecule has 0 unspecified atom stereocenters. The fourth-order valence-electron chi connectivity index (χ4n) is 2.26. The van der Waals surface area contributed by atoms with Crippen LogP contribution >= 0.6 is 0 Å². The van der Waals surface area contributed by atoms with E-state index >= 15 is 0 Å². The van der Waals surface area contributed by atoms with Gasteiger partial charge in [0.25, 0.3) is 0 Å². The normalized spacial score (nSPS) is 21.4. The molecule has 0 aromatic heterocycles. The zero-order chi connectivity index (χ0) is 15.8. The molecule has 1 aliphatic carbocycles. The topological polar surface area (TPSA) is 50.7 Å². The smallest absolute Gasteiger partial charge is 0.228 e. The number of nitrogens with one attached hydrogen (secondary N) is 1. The molecule has 0 bridgehead atoms. The van der Waals surface area contributed by atoms with E-state index in [9.17, 15) is 4.79 Å². The quantitative estimate of drug-likeness (QED) is 0.499. The van der Waals surface area contributed by atoms with Gasteiger partial charge in [-0.15, -0.1) is 0 Å². The molecule has 4 heteroatoms. The van der Waals surface area contributed by atoms with Gasteiger partial charge in [0, 0.05) is 13.0 Å². The summed E-state index contributed by atoms with van der Waals surface area (Å²) in [5, 5.41) is 2.82. The summed E-state index contributed by atoms with van der Waals surface area (Å²) < 4.78 is 5.80. The van der Waals surface area contributed by atoms with E-state index in [4.69, 9.17) is 4.74 Å². The van der Waals surface area contributed by atoms with E-state index in [1.807, 2.05) is 30.3 Å². The van der Waals surface area contributed by atoms with Crippen LogP contribution in [0.5, 0.6) is 0 Å². The number of ether oxygens (including phenoxy) is 1. The minimum atomic E-state index is 0.00822. The van der Waals surface area contributed by atoms with Gasteiger partial charge in [-0.3, -0.25) is 9.79 Å². The highest BCUT2D eigenvalue weighted by atomic mass is 16.5. The van der Waals surface area contributed by atoms with Crippen LogP contribution in [0.2, 0.25) is 0 Å². The van der Waals surface area contributed by atoms with E-state index in [0.29, 0.717) is 12.4 Å². The summed E-state index contributed by atoms with van der Waals surface area (Å²) in [5.41, 5.74) is 1.16. The molecule has 0 heterocycles. The van der Waals surface area contributed by atoms with Crippen LogP contribution in [0, 0.1) is 5.92 Å². The molecule has 1 aliphatic rings. The van der Waals surface area contributed by atoms with E-state index in [1.165, 1.54) is 0 Å². The van der Waals surface area contributed by atoms with Crippen molar-refractivity contribution in [3.8, 4) is 0 Å². The van der Waals surface area contributed by atoms with Crippen molar-refractivity contribution in [1.82, 2.24) is 5.32 Å². The minimum absolute atomic E-state index is 0.00822. The highest BCUT2D eigenvalue weighted by Gasteiger charge is 2.35. The molecule has 1 aromatic carbocycles. The Morgan fingerprint density at radius 2 is 2.14 bits per heavy atom. The molecule has 1 saturated carbocycles. The third-order valence-corrected chi connectivity index (χ3v) is 3.68. The fourth-order valence-corrected chi connectivity index (χ4v) is 2.26. The number of benzene rings is 1. The first-order valence-electron chi connectivity index (χ1n) is 7.45. The van der Waals surface area contributed by atoms with Crippen molar-refractivity contribution in [1.29, 1.82) is 0 Å². The molecule has 1 fully saturated rings. The summed E-state index contributed by atoms with van der Waals surface area (Å²) >= 11 is 0. The Morgan fingerprint density at radius 1 is 1.41 bits per heavy atom. The molecule has 2 rings (SSSR count). The number of allylic oxidation sites excluding steroid dienone is 2. The van der Waals surface area contributed by atoms with Crippen molar-refractivity contribution in [3.05, 3.63) is 60.7 Å². The van der Waals surface area contributed by atoms with Crippen LogP contribution in [0.3, 0.4) is 0 Å². The van der Waals surface area contributed by atoms with Gasteiger partial charge in [0.2, 0.25) is 5.91 Å². The second kappa shape index (κ2) is 8.29. The Bertz CT molecular complexity index is 558. The van der Waals surface area contributed by atoms with Crippen molar-refractivity contribution < 1.29 is 9.53 Å². The highest BCUT2D eigenvalue weighted by molar-refractivity contribution is 6.05. The van der Waals surface area contributed by atoms with E-state index in [1.54, 1.807) is 25.3 Å². The SMILES string of the molecule is C=C/C=C\C(=NC)NC(=O)C1CC(OCc2ccccc2)C1. The van der Waals surface area contributed by atoms with Gasteiger partial charge in [-0.2, -0.15) is 0 Å². The first-order chi connectivity index (χ1) is 10.7. The molecule has 1 N–H and O–H groups in total. The average molecular weight is 298 g/mol. The predicted molar refractivity (Wildman–Crippen MR) is 88.6 cm³/mol. The Hall–Kier alpha value is -2.20. The Balaban J connectivity index is 1.70. The number of hydrogen-bond donors (Lipinski definition) is 1. The maximum absolute atomic E-state index is 12.1. The second-order valence-electron chi connectivity index (χ2n) is 5.28. The number of aliphatic imine (C=N–C) groups is 1. The first kappa shape index (κ1) is 16.2. The molecular formula is C18H22N2O2. The zero-order valence-corrected chi connectivity index (χ0v) is 12.9. The van der Waals surface area contributed by atoms with E-state index in [2.05, 4.69) is 16.9 Å². The number of hydrogen-bond acceptors (Lipinski definition) is 3. The number of rotatable bonds is 6. The molecule has 0 saturated heterocycles. The van der Waals surface area contributed by atoms with Gasteiger partial charge in [-0.05, 0) is 24.5 Å². The van der Waals surface area contributed by atoms with Crippen LogP contribution in [-0.2, 0) is 16.1 Å². The van der Waals surface area contributed by atoms with Crippen LogP contribution in [0.15, 0.2) is 60.1 Å². The van der Waals surface area contributed by atoms with Crippen LogP contribution in [0.25, 0.3) is 0 Å². The lowest BCUT2D eigenvalue weighted by molar-refractivity contribution is -0.133. The third kappa shape index (κ3) is 4.67. The minimum Gasteiger partial charge on any atom is -0.373 e. The maximum Gasteiger partial charge on any atom is 0.228 e. The van der Waals surface area contributed by atoms with Crippen molar-refractivity contribution in [3.63, 3.8) is 0 Å². The summed E-state index contributed by atoms with van der Waals surface area (Å²) in [6.45, 7) is 4.19.